The van der Waals surface area contributed by atoms with Crippen molar-refractivity contribution in [3.63, 3.8) is 0 Å². The van der Waals surface area contributed by atoms with E-state index in [0.717, 1.165) is 12.0 Å². The van der Waals surface area contributed by atoms with Crippen LogP contribution in [0.5, 0.6) is 0 Å². The van der Waals surface area contributed by atoms with Crippen molar-refractivity contribution < 1.29 is 47.4 Å². The van der Waals surface area contributed by atoms with E-state index in [1.807, 2.05) is 30.3 Å². The molecule has 1 saturated heterocycles. The summed E-state index contributed by atoms with van der Waals surface area (Å²) in [5.74, 6) is 0.834. The topological polar surface area (TPSA) is 188 Å². The van der Waals surface area contributed by atoms with E-state index >= 15 is 0 Å². The smallest absolute Gasteiger partial charge is 0.481 e. The van der Waals surface area contributed by atoms with Crippen LogP contribution in [0.15, 0.2) is 30.3 Å². The molecule has 1 heterocycles. The largest absolute Gasteiger partial charge is 0.490 e. The maximum absolute atomic E-state index is 12.7. The van der Waals surface area contributed by atoms with Crippen LogP contribution in [0, 0.1) is 17.8 Å². The summed E-state index contributed by atoms with van der Waals surface area (Å²) < 4.78 is 31.7. The van der Waals surface area contributed by atoms with Crippen LogP contribution in [0.25, 0.3) is 0 Å². The summed E-state index contributed by atoms with van der Waals surface area (Å²) in [6.45, 7) is 2.62. The number of rotatable bonds is 14. The third kappa shape index (κ3) is 15.2. The Morgan fingerprint density at radius 1 is 1.07 bits per heavy atom. The van der Waals surface area contributed by atoms with Crippen molar-refractivity contribution in [1.29, 1.82) is 0 Å². The second-order valence-corrected chi connectivity index (χ2v) is 9.93. The molecule has 0 aromatic heterocycles. The van der Waals surface area contributed by atoms with Crippen LogP contribution in [0.1, 0.15) is 57.4 Å². The quantitative estimate of drug-likeness (QED) is 0.134. The Hall–Kier alpha value is -3.96. The van der Waals surface area contributed by atoms with Crippen molar-refractivity contribution in [3.8, 4) is 11.8 Å². The Kier molecular flexibility index (Phi) is 16.6. The number of carboxylic acid groups (broad SMARTS) is 2. The third-order valence-corrected chi connectivity index (χ3v) is 6.53. The highest BCUT2D eigenvalue weighted by molar-refractivity contribution is 5.90. The zero-order valence-corrected chi connectivity index (χ0v) is 23.9. The number of carbonyl (C=O) groups is 5. The Morgan fingerprint density at radius 2 is 1.72 bits per heavy atom. The molecule has 0 saturated carbocycles. The average molecular weight is 613 g/mol. The predicted octanol–water partition coefficient (Wildman–Crippen LogP) is 1.79. The van der Waals surface area contributed by atoms with Gasteiger partial charge in [-0.25, -0.2) is 4.79 Å². The zero-order chi connectivity index (χ0) is 32.4. The number of nitrogens with one attached hydrogen (secondary N) is 3. The van der Waals surface area contributed by atoms with E-state index in [2.05, 4.69) is 27.8 Å². The molecule has 0 bridgehead atoms. The molecule has 2 unspecified atom stereocenters. The van der Waals surface area contributed by atoms with E-state index in [9.17, 15) is 32.3 Å². The van der Waals surface area contributed by atoms with Crippen molar-refractivity contribution in [3.05, 3.63) is 35.9 Å². The lowest BCUT2D eigenvalue weighted by Gasteiger charge is -2.27. The van der Waals surface area contributed by atoms with Crippen LogP contribution in [0.2, 0.25) is 0 Å². The Bertz CT molecular complexity index is 1140. The first-order chi connectivity index (χ1) is 20.3. The molecule has 1 aromatic carbocycles. The van der Waals surface area contributed by atoms with Gasteiger partial charge in [0, 0.05) is 19.4 Å². The minimum absolute atomic E-state index is 0.0396. The lowest BCUT2D eigenvalue weighted by molar-refractivity contribution is -0.192. The van der Waals surface area contributed by atoms with Gasteiger partial charge in [0.25, 0.3) is 0 Å². The highest BCUT2D eigenvalue weighted by Gasteiger charge is 2.38. The fourth-order valence-electron chi connectivity index (χ4n) is 4.15. The first-order valence-electron chi connectivity index (χ1n) is 13.8. The molecule has 0 spiro atoms. The standard InChI is InChI=1S/C27H38N4O5.C2HF3O2/c1-2-3-12-22(31-25(33)21(28)17-19-10-6-4-7-11-19)26(34)30-15-9-5-8-13-24(32)23-18-20(27(35)36)14-16-29-23;3-2(4,5)1(6)7/h4,6-7,10-11,20-23,29H,5,8-9,12-18,28H2,1H3,(H,30,34)(H,31,33)(H,35,36);(H,6,7)/t20?,21-,22-,23?;/m1./s1. The number of Topliss-reactive ketones (excluding diaryl/α,β-unsaturated/α-hetero) is 1. The molecule has 4 atom stereocenters. The minimum Gasteiger partial charge on any atom is -0.481 e. The summed E-state index contributed by atoms with van der Waals surface area (Å²) in [4.78, 5) is 57.7. The van der Waals surface area contributed by atoms with Gasteiger partial charge in [0.05, 0.1) is 18.0 Å². The minimum atomic E-state index is -5.08. The number of carboxylic acids is 2. The summed E-state index contributed by atoms with van der Waals surface area (Å²) in [7, 11) is 0. The van der Waals surface area contributed by atoms with E-state index in [-0.39, 0.29) is 18.1 Å². The number of alkyl halides is 3. The molecule has 238 valence electrons. The van der Waals surface area contributed by atoms with Crippen LogP contribution in [-0.2, 0) is 30.4 Å². The first kappa shape index (κ1) is 37.1. The normalized spacial score (nSPS) is 17.5. The van der Waals surface area contributed by atoms with Gasteiger partial charge in [-0.1, -0.05) is 36.8 Å². The SMILES string of the molecule is CC#CC[C@@H](NC(=O)[C@H](N)Cc1ccccc1)C(=O)NCCCCCC(=O)C1CC(C(=O)O)CCN1.O=C(O)C(F)(F)F. The fraction of sp³-hybridized carbons (Fsp3) is 0.552. The number of piperidine rings is 1. The van der Waals surface area contributed by atoms with Gasteiger partial charge in [0.1, 0.15) is 11.8 Å². The van der Waals surface area contributed by atoms with Gasteiger partial charge in [-0.3, -0.25) is 19.2 Å². The molecule has 7 N–H and O–H groups in total. The van der Waals surface area contributed by atoms with Crippen LogP contribution in [-0.4, -0.2) is 77.1 Å². The van der Waals surface area contributed by atoms with E-state index in [4.69, 9.17) is 20.7 Å². The molecule has 1 aromatic rings. The van der Waals surface area contributed by atoms with E-state index in [0.29, 0.717) is 51.6 Å². The highest BCUT2D eigenvalue weighted by atomic mass is 19.4. The van der Waals surface area contributed by atoms with Gasteiger partial charge in [0.2, 0.25) is 11.8 Å². The zero-order valence-electron chi connectivity index (χ0n) is 23.9. The van der Waals surface area contributed by atoms with Crippen molar-refractivity contribution in [2.45, 2.75) is 82.6 Å². The predicted molar refractivity (Wildman–Crippen MR) is 150 cm³/mol. The second-order valence-electron chi connectivity index (χ2n) is 9.93. The lowest BCUT2D eigenvalue weighted by Crippen LogP contribution is -2.52. The molecule has 14 heteroatoms. The second kappa shape index (κ2) is 19.3. The molecular weight excluding hydrogens is 573 g/mol. The number of halogens is 3. The van der Waals surface area contributed by atoms with Crippen LogP contribution in [0.3, 0.4) is 0 Å². The summed E-state index contributed by atoms with van der Waals surface area (Å²) in [5, 5.41) is 25.0. The maximum atomic E-state index is 12.7. The van der Waals surface area contributed by atoms with Gasteiger partial charge >= 0.3 is 18.1 Å². The summed E-state index contributed by atoms with van der Waals surface area (Å²) in [6.07, 6.45) is -1.17. The molecule has 11 nitrogen and oxygen atoms in total. The maximum Gasteiger partial charge on any atom is 0.490 e. The molecule has 43 heavy (non-hydrogen) atoms. The van der Waals surface area contributed by atoms with Gasteiger partial charge in [-0.2, -0.15) is 13.2 Å². The van der Waals surface area contributed by atoms with E-state index in [1.54, 1.807) is 6.92 Å². The Balaban J connectivity index is 0.00000117. The Labute approximate surface area is 248 Å². The van der Waals surface area contributed by atoms with Gasteiger partial charge in [-0.05, 0) is 51.1 Å². The van der Waals surface area contributed by atoms with Gasteiger partial charge in [-0.15, -0.1) is 11.8 Å². The Morgan fingerprint density at radius 3 is 2.30 bits per heavy atom. The number of carbonyl (C=O) groups excluding carboxylic acids is 3. The number of ketones is 1. The third-order valence-electron chi connectivity index (χ3n) is 6.53. The molecule has 1 aliphatic heterocycles. The number of amides is 2. The number of hydrogen-bond acceptors (Lipinski definition) is 7. The molecular formula is C29H39F3N4O7. The fourth-order valence-corrected chi connectivity index (χ4v) is 4.15. The van der Waals surface area contributed by atoms with Crippen molar-refractivity contribution >= 4 is 29.5 Å². The number of hydrogen-bond donors (Lipinski definition) is 6. The monoisotopic (exact) mass is 612 g/mol. The van der Waals surface area contributed by atoms with Crippen LogP contribution in [0.4, 0.5) is 13.2 Å². The van der Waals surface area contributed by atoms with Gasteiger partial charge < -0.3 is 31.9 Å². The van der Waals surface area contributed by atoms with E-state index in [1.165, 1.54) is 0 Å². The average Bonchev–Trinajstić information content (AvgIpc) is 2.97. The van der Waals surface area contributed by atoms with Crippen molar-refractivity contribution in [1.82, 2.24) is 16.0 Å². The number of unbranched alkanes of at least 4 members (excludes halogenated alkanes) is 2. The van der Waals surface area contributed by atoms with Gasteiger partial charge in [0.15, 0.2) is 0 Å². The molecule has 2 amide bonds. The summed E-state index contributed by atoms with van der Waals surface area (Å²) in [6, 6.07) is 7.47. The van der Waals surface area contributed by atoms with E-state index < -0.39 is 48.1 Å². The molecule has 1 aliphatic rings. The molecule has 2 rings (SSSR count). The first-order valence-corrected chi connectivity index (χ1v) is 13.8. The summed E-state index contributed by atoms with van der Waals surface area (Å²) in [5.41, 5.74) is 6.98. The van der Waals surface area contributed by atoms with Crippen LogP contribution >= 0.6 is 0 Å². The summed E-state index contributed by atoms with van der Waals surface area (Å²) >= 11 is 0. The highest BCUT2D eigenvalue weighted by Crippen LogP contribution is 2.18. The molecule has 0 aliphatic carbocycles. The number of benzene rings is 1. The lowest BCUT2D eigenvalue weighted by atomic mass is 9.89. The van der Waals surface area contributed by atoms with Crippen molar-refractivity contribution in [2.75, 3.05) is 13.1 Å². The number of aliphatic carboxylic acids is 2. The molecule has 1 fully saturated rings. The molecule has 0 radical (unpaired) electrons. The van der Waals surface area contributed by atoms with Crippen LogP contribution < -0.4 is 21.7 Å². The number of nitrogens with two attached hydrogens (primary N) is 1. The van der Waals surface area contributed by atoms with Crippen molar-refractivity contribution in [2.24, 2.45) is 11.7 Å².